The fraction of sp³-hybridized carbons (Fsp3) is 0.391. The fourth-order valence-corrected chi connectivity index (χ4v) is 3.09. The first-order valence-corrected chi connectivity index (χ1v) is 10.4. The number of carbonyl (C=O) groups excluding carboxylic acids is 2. The molecule has 162 valence electrons. The number of hydrogen-bond acceptors (Lipinski definition) is 3. The summed E-state index contributed by atoms with van der Waals surface area (Å²) in [4.78, 5) is 27.3. The van der Waals surface area contributed by atoms with Crippen LogP contribution in [0.2, 0.25) is 5.02 Å². The third-order valence-corrected chi connectivity index (χ3v) is 4.73. The normalized spacial score (nSPS) is 11.8. The zero-order valence-electron chi connectivity index (χ0n) is 17.5. The summed E-state index contributed by atoms with van der Waals surface area (Å²) in [7, 11) is 0. The van der Waals surface area contributed by atoms with E-state index in [1.165, 1.54) is 17.0 Å². The standard InChI is InChI=1S/C23H28ClFN2O3/c1-4-21(23(29)26-13-16(2)3)27(14-17-8-10-19(25)11-9-17)22(28)15-30-20-7-5-6-18(24)12-20/h5-12,16,21H,4,13-15H2,1-3H3,(H,26,29). The molecular weight excluding hydrogens is 407 g/mol. The highest BCUT2D eigenvalue weighted by Gasteiger charge is 2.29. The van der Waals surface area contributed by atoms with Crippen LogP contribution in [0.4, 0.5) is 4.39 Å². The van der Waals surface area contributed by atoms with Gasteiger partial charge in [0.05, 0.1) is 0 Å². The molecule has 0 aliphatic carbocycles. The van der Waals surface area contributed by atoms with Crippen LogP contribution in [0.1, 0.15) is 32.8 Å². The topological polar surface area (TPSA) is 58.6 Å². The van der Waals surface area contributed by atoms with E-state index in [4.69, 9.17) is 16.3 Å². The van der Waals surface area contributed by atoms with Crippen molar-refractivity contribution in [3.8, 4) is 5.75 Å². The molecule has 0 fully saturated rings. The van der Waals surface area contributed by atoms with Gasteiger partial charge in [-0.25, -0.2) is 4.39 Å². The zero-order chi connectivity index (χ0) is 22.1. The van der Waals surface area contributed by atoms with E-state index in [-0.39, 0.29) is 30.8 Å². The molecule has 1 atom stereocenters. The summed E-state index contributed by atoms with van der Waals surface area (Å²) in [6.45, 7) is 6.30. The monoisotopic (exact) mass is 434 g/mol. The first-order valence-electron chi connectivity index (χ1n) is 10.00. The molecule has 0 aliphatic rings. The number of nitrogens with one attached hydrogen (secondary N) is 1. The van der Waals surface area contributed by atoms with Crippen LogP contribution >= 0.6 is 11.6 Å². The Morgan fingerprint density at radius 2 is 1.87 bits per heavy atom. The second-order valence-electron chi connectivity index (χ2n) is 7.46. The van der Waals surface area contributed by atoms with Gasteiger partial charge in [-0.3, -0.25) is 9.59 Å². The molecule has 2 aromatic carbocycles. The quantitative estimate of drug-likeness (QED) is 0.601. The third kappa shape index (κ3) is 7.34. The van der Waals surface area contributed by atoms with Crippen LogP contribution in [0.5, 0.6) is 5.75 Å². The van der Waals surface area contributed by atoms with Gasteiger partial charge in [-0.15, -0.1) is 0 Å². The van der Waals surface area contributed by atoms with Crippen LogP contribution in [-0.4, -0.2) is 35.9 Å². The smallest absolute Gasteiger partial charge is 0.261 e. The molecule has 2 rings (SSSR count). The summed E-state index contributed by atoms with van der Waals surface area (Å²) in [6, 6.07) is 12.0. The van der Waals surface area contributed by atoms with Gasteiger partial charge in [0.2, 0.25) is 5.91 Å². The minimum atomic E-state index is -0.663. The van der Waals surface area contributed by atoms with Crippen molar-refractivity contribution in [3.63, 3.8) is 0 Å². The Bertz CT molecular complexity index is 843. The fourth-order valence-electron chi connectivity index (χ4n) is 2.91. The lowest BCUT2D eigenvalue weighted by Gasteiger charge is -2.30. The Morgan fingerprint density at radius 3 is 2.47 bits per heavy atom. The molecule has 1 N–H and O–H groups in total. The van der Waals surface area contributed by atoms with Gasteiger partial charge in [-0.1, -0.05) is 50.6 Å². The molecule has 0 heterocycles. The molecule has 0 aliphatic heterocycles. The molecule has 2 aromatic rings. The molecule has 0 radical (unpaired) electrons. The highest BCUT2D eigenvalue weighted by atomic mass is 35.5. The molecule has 5 nitrogen and oxygen atoms in total. The first kappa shape index (κ1) is 23.7. The maximum absolute atomic E-state index is 13.3. The average Bonchev–Trinajstić information content (AvgIpc) is 2.71. The maximum Gasteiger partial charge on any atom is 0.261 e. The van der Waals surface area contributed by atoms with Crippen molar-refractivity contribution in [1.29, 1.82) is 0 Å². The maximum atomic E-state index is 13.3. The van der Waals surface area contributed by atoms with E-state index in [9.17, 15) is 14.0 Å². The SMILES string of the molecule is CCC(C(=O)NCC(C)C)N(Cc1ccc(F)cc1)C(=O)COc1cccc(Cl)c1. The van der Waals surface area contributed by atoms with Gasteiger partial charge in [0.1, 0.15) is 17.6 Å². The van der Waals surface area contributed by atoms with Crippen LogP contribution in [0.3, 0.4) is 0 Å². The second kappa shape index (κ2) is 11.6. The van der Waals surface area contributed by atoms with E-state index in [0.717, 1.165) is 5.56 Å². The highest BCUT2D eigenvalue weighted by molar-refractivity contribution is 6.30. The van der Waals surface area contributed by atoms with Gasteiger partial charge in [-0.05, 0) is 48.2 Å². The van der Waals surface area contributed by atoms with E-state index >= 15 is 0 Å². The number of amides is 2. The van der Waals surface area contributed by atoms with E-state index in [0.29, 0.717) is 29.7 Å². The largest absolute Gasteiger partial charge is 0.484 e. The first-order chi connectivity index (χ1) is 14.3. The summed E-state index contributed by atoms with van der Waals surface area (Å²) >= 11 is 5.96. The van der Waals surface area contributed by atoms with Crippen LogP contribution in [-0.2, 0) is 16.1 Å². The third-order valence-electron chi connectivity index (χ3n) is 4.50. The number of halogens is 2. The van der Waals surface area contributed by atoms with E-state index in [2.05, 4.69) is 5.32 Å². The Hall–Kier alpha value is -2.60. The van der Waals surface area contributed by atoms with Gasteiger partial charge in [0.25, 0.3) is 5.91 Å². The number of ether oxygens (including phenoxy) is 1. The summed E-state index contributed by atoms with van der Waals surface area (Å²) in [5.74, 6) is -0.161. The lowest BCUT2D eigenvalue weighted by molar-refractivity contribution is -0.143. The van der Waals surface area contributed by atoms with Crippen molar-refractivity contribution >= 4 is 23.4 Å². The van der Waals surface area contributed by atoms with Gasteiger partial charge in [0.15, 0.2) is 6.61 Å². The summed E-state index contributed by atoms with van der Waals surface area (Å²) in [6.07, 6.45) is 0.439. The summed E-state index contributed by atoms with van der Waals surface area (Å²) in [5.41, 5.74) is 0.725. The second-order valence-corrected chi connectivity index (χ2v) is 7.89. The number of hydrogen-bond donors (Lipinski definition) is 1. The van der Waals surface area contributed by atoms with Crippen LogP contribution in [0.25, 0.3) is 0 Å². The van der Waals surface area contributed by atoms with Gasteiger partial charge < -0.3 is 15.0 Å². The van der Waals surface area contributed by atoms with Crippen molar-refractivity contribution in [2.75, 3.05) is 13.2 Å². The zero-order valence-corrected chi connectivity index (χ0v) is 18.3. The van der Waals surface area contributed by atoms with E-state index < -0.39 is 6.04 Å². The molecule has 0 spiro atoms. The van der Waals surface area contributed by atoms with Crippen molar-refractivity contribution in [1.82, 2.24) is 10.2 Å². The van der Waals surface area contributed by atoms with Gasteiger partial charge in [-0.2, -0.15) is 0 Å². The molecule has 1 unspecified atom stereocenters. The summed E-state index contributed by atoms with van der Waals surface area (Å²) in [5, 5.41) is 3.40. The average molecular weight is 435 g/mol. The minimum Gasteiger partial charge on any atom is -0.484 e. The molecule has 30 heavy (non-hydrogen) atoms. The highest BCUT2D eigenvalue weighted by Crippen LogP contribution is 2.18. The van der Waals surface area contributed by atoms with Crippen LogP contribution in [0, 0.1) is 11.7 Å². The lowest BCUT2D eigenvalue weighted by Crippen LogP contribution is -2.50. The molecule has 0 saturated heterocycles. The van der Waals surface area contributed by atoms with Crippen LogP contribution < -0.4 is 10.1 Å². The Morgan fingerprint density at radius 1 is 1.17 bits per heavy atom. The number of carbonyl (C=O) groups is 2. The predicted molar refractivity (Wildman–Crippen MR) is 116 cm³/mol. The van der Waals surface area contributed by atoms with Gasteiger partial charge in [0, 0.05) is 18.1 Å². The molecule has 2 amide bonds. The number of benzene rings is 2. The molecular formula is C23H28ClFN2O3. The van der Waals surface area contributed by atoms with E-state index in [1.54, 1.807) is 36.4 Å². The van der Waals surface area contributed by atoms with Crippen molar-refractivity contribution in [2.45, 2.75) is 39.8 Å². The van der Waals surface area contributed by atoms with E-state index in [1.807, 2.05) is 20.8 Å². The molecule has 7 heteroatoms. The number of rotatable bonds is 10. The Labute approximate surface area is 182 Å². The Kier molecular flexibility index (Phi) is 9.12. The number of nitrogens with zero attached hydrogens (tertiary/aromatic N) is 1. The van der Waals surface area contributed by atoms with Crippen molar-refractivity contribution in [3.05, 3.63) is 64.9 Å². The van der Waals surface area contributed by atoms with Crippen molar-refractivity contribution < 1.29 is 18.7 Å². The van der Waals surface area contributed by atoms with Crippen LogP contribution in [0.15, 0.2) is 48.5 Å². The molecule has 0 aromatic heterocycles. The van der Waals surface area contributed by atoms with Gasteiger partial charge >= 0.3 is 0 Å². The molecule has 0 bridgehead atoms. The summed E-state index contributed by atoms with van der Waals surface area (Å²) < 4.78 is 18.9. The van der Waals surface area contributed by atoms with Crippen molar-refractivity contribution in [2.24, 2.45) is 5.92 Å². The predicted octanol–water partition coefficient (Wildman–Crippen LogP) is 4.44. The Balaban J connectivity index is 2.18. The minimum absolute atomic E-state index is 0.172. The molecule has 0 saturated carbocycles. The lowest BCUT2D eigenvalue weighted by atomic mass is 10.1.